The van der Waals surface area contributed by atoms with Gasteiger partial charge < -0.3 is 15.4 Å². The lowest BCUT2D eigenvalue weighted by Gasteiger charge is -2.22. The second kappa shape index (κ2) is 9.50. The van der Waals surface area contributed by atoms with Gasteiger partial charge >= 0.3 is 6.18 Å². The van der Waals surface area contributed by atoms with Crippen LogP contribution < -0.4 is 10.6 Å². The van der Waals surface area contributed by atoms with E-state index in [1.807, 2.05) is 0 Å². The zero-order valence-electron chi connectivity index (χ0n) is 22.1. The Morgan fingerprint density at radius 3 is 2.64 bits per heavy atom. The van der Waals surface area contributed by atoms with Crippen LogP contribution in [0.2, 0.25) is 5.02 Å². The van der Waals surface area contributed by atoms with Gasteiger partial charge in [0.1, 0.15) is 11.8 Å². The summed E-state index contributed by atoms with van der Waals surface area (Å²) in [7, 11) is 0. The van der Waals surface area contributed by atoms with E-state index in [9.17, 15) is 22.8 Å². The maximum atomic E-state index is 13.9. The van der Waals surface area contributed by atoms with Gasteiger partial charge in [-0.2, -0.15) is 22.8 Å². The number of nitriles is 1. The number of halogens is 5. The van der Waals surface area contributed by atoms with Crippen LogP contribution in [-0.4, -0.2) is 50.4 Å². The average molecular weight is 599 g/mol. The summed E-state index contributed by atoms with van der Waals surface area (Å²) in [5.74, 6) is 0.0374. The maximum Gasteiger partial charge on any atom is 0.413 e. The second-order valence-corrected chi connectivity index (χ2v) is 11.5. The van der Waals surface area contributed by atoms with E-state index in [0.29, 0.717) is 69.2 Å². The van der Waals surface area contributed by atoms with Gasteiger partial charge in [0.2, 0.25) is 5.95 Å². The number of nitrogens with zero attached hydrogens (tertiary/aromatic N) is 6. The number of fused-ring (bicyclic) bond motifs is 2. The lowest BCUT2D eigenvalue weighted by Crippen LogP contribution is -2.35. The first kappa shape index (κ1) is 26.9. The number of hydrogen-bond acceptors (Lipinski definition) is 8. The van der Waals surface area contributed by atoms with Crippen LogP contribution in [-0.2, 0) is 10.3 Å². The quantitative estimate of drug-likeness (QED) is 0.212. The number of aromatic nitrogens is 5. The molecule has 4 aromatic rings. The van der Waals surface area contributed by atoms with Gasteiger partial charge in [-0.15, -0.1) is 5.10 Å². The van der Waals surface area contributed by atoms with Crippen molar-refractivity contribution in [1.29, 1.82) is 5.26 Å². The van der Waals surface area contributed by atoms with Crippen LogP contribution in [0.4, 0.5) is 28.9 Å². The van der Waals surface area contributed by atoms with Gasteiger partial charge in [0.05, 0.1) is 47.2 Å². The van der Waals surface area contributed by atoms with Crippen molar-refractivity contribution in [3.63, 3.8) is 0 Å². The number of benzene rings is 1. The van der Waals surface area contributed by atoms with E-state index in [-0.39, 0.29) is 24.6 Å². The number of rotatable bonds is 7. The van der Waals surface area contributed by atoms with Crippen LogP contribution in [0.1, 0.15) is 41.4 Å². The molecule has 1 saturated heterocycles. The van der Waals surface area contributed by atoms with Crippen molar-refractivity contribution >= 4 is 33.9 Å². The van der Waals surface area contributed by atoms with Gasteiger partial charge in [-0.1, -0.05) is 22.9 Å². The summed E-state index contributed by atoms with van der Waals surface area (Å²) in [6.45, 7) is 2.91. The maximum absolute atomic E-state index is 13.9. The minimum Gasteiger partial charge on any atom is -0.381 e. The zero-order chi connectivity index (χ0) is 29.4. The highest BCUT2D eigenvalue weighted by Crippen LogP contribution is 2.55. The molecule has 3 fully saturated rings. The molecule has 0 unspecified atom stereocenters. The molecule has 3 aliphatic rings. The SMILES string of the molecule is Cc1nc(F)ccc1[C@H](Nc1cc(Cl)c2ncc(C#N)c(N[C@@H]3[C@@H]4COC[C@@H]43)c2c1)c1cn(C2(C(F)(F)F)CC2)nn1. The number of alkyl halides is 3. The summed E-state index contributed by atoms with van der Waals surface area (Å²) in [5.41, 5.74) is 0.815. The molecule has 216 valence electrons. The van der Waals surface area contributed by atoms with E-state index in [1.54, 1.807) is 19.1 Å². The average Bonchev–Trinajstić information content (AvgIpc) is 3.73. The largest absolute Gasteiger partial charge is 0.413 e. The van der Waals surface area contributed by atoms with Gasteiger partial charge in [-0.05, 0) is 38.0 Å². The van der Waals surface area contributed by atoms with Crippen molar-refractivity contribution in [2.45, 2.75) is 43.6 Å². The number of ether oxygens (including phenoxy) is 1. The van der Waals surface area contributed by atoms with E-state index >= 15 is 0 Å². The molecule has 4 heterocycles. The summed E-state index contributed by atoms with van der Waals surface area (Å²) in [5, 5.41) is 25.5. The number of pyridine rings is 2. The molecule has 7 rings (SSSR count). The molecule has 0 amide bonds. The fourth-order valence-electron chi connectivity index (χ4n) is 5.91. The number of aryl methyl sites for hydroxylation is 1. The molecule has 2 aliphatic carbocycles. The van der Waals surface area contributed by atoms with Gasteiger partial charge in [0, 0.05) is 46.4 Å². The third kappa shape index (κ3) is 4.32. The number of hydrogen-bond donors (Lipinski definition) is 2. The molecule has 0 bridgehead atoms. The first-order valence-corrected chi connectivity index (χ1v) is 13.7. The van der Waals surface area contributed by atoms with Crippen molar-refractivity contribution in [2.24, 2.45) is 11.8 Å². The lowest BCUT2D eigenvalue weighted by atomic mass is 10.0. The standard InChI is InChI=1S/C28H23ClF4N8O/c1-13-16(2-3-22(30)36-13)26(21-10-41(40-39-21)27(4-5-27)28(31,32)33)37-15-6-17-23(38-24-18-11-42-12-19(18)24)14(8-34)9-35-25(17)20(29)7-15/h2-3,6-7,9-10,18-19,24,26,37H,4-5,11-12H2,1H3,(H,35,38)/t18-,19+,24-,26-/m0/s1. The molecule has 1 aliphatic heterocycles. The molecule has 4 atom stereocenters. The zero-order valence-corrected chi connectivity index (χ0v) is 22.8. The van der Waals surface area contributed by atoms with Crippen molar-refractivity contribution in [3.05, 3.63) is 70.1 Å². The highest BCUT2D eigenvalue weighted by Gasteiger charge is 2.66. The molecular weight excluding hydrogens is 576 g/mol. The van der Waals surface area contributed by atoms with E-state index in [4.69, 9.17) is 16.3 Å². The summed E-state index contributed by atoms with van der Waals surface area (Å²) >= 11 is 6.68. The third-order valence-electron chi connectivity index (χ3n) is 8.52. The van der Waals surface area contributed by atoms with Gasteiger partial charge in [0.25, 0.3) is 0 Å². The van der Waals surface area contributed by atoms with Crippen LogP contribution in [0.3, 0.4) is 0 Å². The molecule has 0 radical (unpaired) electrons. The molecule has 0 spiro atoms. The Bertz CT molecular complexity index is 1760. The molecular formula is C28H23ClF4N8O. The highest BCUT2D eigenvalue weighted by atomic mass is 35.5. The third-order valence-corrected chi connectivity index (χ3v) is 8.81. The van der Waals surface area contributed by atoms with Crippen molar-refractivity contribution in [1.82, 2.24) is 25.0 Å². The summed E-state index contributed by atoms with van der Waals surface area (Å²) in [4.78, 5) is 8.31. The smallest absolute Gasteiger partial charge is 0.381 e. The minimum atomic E-state index is -4.48. The second-order valence-electron chi connectivity index (χ2n) is 11.1. The molecule has 1 aromatic carbocycles. The first-order valence-electron chi connectivity index (χ1n) is 13.4. The summed E-state index contributed by atoms with van der Waals surface area (Å²) in [6, 6.07) is 7.58. The fourth-order valence-corrected chi connectivity index (χ4v) is 6.17. The van der Waals surface area contributed by atoms with Crippen molar-refractivity contribution < 1.29 is 22.3 Å². The summed E-state index contributed by atoms with van der Waals surface area (Å²) < 4.78 is 61.7. The molecule has 2 saturated carbocycles. The Morgan fingerprint density at radius 2 is 1.98 bits per heavy atom. The van der Waals surface area contributed by atoms with Gasteiger partial charge in [0.15, 0.2) is 5.54 Å². The predicted octanol–water partition coefficient (Wildman–Crippen LogP) is 5.50. The Balaban J connectivity index is 1.30. The normalized spacial score (nSPS) is 22.8. The van der Waals surface area contributed by atoms with Crippen molar-refractivity contribution in [2.75, 3.05) is 23.8 Å². The fraction of sp³-hybridized carbons (Fsp3) is 0.393. The Kier molecular flexibility index (Phi) is 6.07. The lowest BCUT2D eigenvalue weighted by molar-refractivity contribution is -0.182. The predicted molar refractivity (Wildman–Crippen MR) is 144 cm³/mol. The number of anilines is 2. The van der Waals surface area contributed by atoms with Crippen LogP contribution >= 0.6 is 11.6 Å². The molecule has 42 heavy (non-hydrogen) atoms. The molecule has 14 heteroatoms. The van der Waals surface area contributed by atoms with E-state index in [2.05, 4.69) is 37.0 Å². The highest BCUT2D eigenvalue weighted by molar-refractivity contribution is 6.35. The van der Waals surface area contributed by atoms with E-state index in [0.717, 1.165) is 4.68 Å². The van der Waals surface area contributed by atoms with Crippen LogP contribution in [0.25, 0.3) is 10.9 Å². The molecule has 3 aromatic heterocycles. The number of nitrogens with one attached hydrogen (secondary N) is 2. The monoisotopic (exact) mass is 598 g/mol. The Hall–Kier alpha value is -4.02. The summed E-state index contributed by atoms with van der Waals surface area (Å²) in [6.07, 6.45) is -1.93. The van der Waals surface area contributed by atoms with Crippen molar-refractivity contribution in [3.8, 4) is 6.07 Å². The van der Waals surface area contributed by atoms with E-state index < -0.39 is 23.7 Å². The molecule has 2 N–H and O–H groups in total. The van der Waals surface area contributed by atoms with E-state index in [1.165, 1.54) is 24.5 Å². The van der Waals surface area contributed by atoms with Crippen LogP contribution in [0.5, 0.6) is 0 Å². The topological polar surface area (TPSA) is 114 Å². The van der Waals surface area contributed by atoms with Gasteiger partial charge in [-0.25, -0.2) is 9.67 Å². The Morgan fingerprint density at radius 1 is 1.21 bits per heavy atom. The molecule has 9 nitrogen and oxygen atoms in total. The Labute approximate surface area is 241 Å². The van der Waals surface area contributed by atoms with Crippen LogP contribution in [0, 0.1) is 36.0 Å². The first-order chi connectivity index (χ1) is 20.1. The minimum absolute atomic E-state index is 0.0896. The van der Waals surface area contributed by atoms with Crippen LogP contribution in [0.15, 0.2) is 36.7 Å². The van der Waals surface area contributed by atoms with Gasteiger partial charge in [-0.3, -0.25) is 4.98 Å².